The van der Waals surface area contributed by atoms with E-state index < -0.39 is 0 Å². The van der Waals surface area contributed by atoms with Crippen molar-refractivity contribution in [1.82, 2.24) is 9.97 Å². The Morgan fingerprint density at radius 3 is 1.56 bits per heavy atom. The number of nitriles is 1. The molecular formula is C48H46BrClN4OS2. The first-order valence-electron chi connectivity index (χ1n) is 18.5. The third kappa shape index (κ3) is 15.4. The van der Waals surface area contributed by atoms with Crippen LogP contribution in [0.25, 0.3) is 20.4 Å². The molecule has 1 N–H and O–H groups in total. The summed E-state index contributed by atoms with van der Waals surface area (Å²) in [6.07, 6.45) is 2.96. The van der Waals surface area contributed by atoms with Gasteiger partial charge in [0.05, 0.1) is 49.5 Å². The summed E-state index contributed by atoms with van der Waals surface area (Å²) in [6, 6.07) is 55.6. The summed E-state index contributed by atoms with van der Waals surface area (Å²) in [7, 11) is 0. The van der Waals surface area contributed by atoms with E-state index in [9.17, 15) is 0 Å². The first-order valence-corrected chi connectivity index (χ1v) is 21.2. The van der Waals surface area contributed by atoms with E-state index >= 15 is 0 Å². The Kier molecular flexibility index (Phi) is 19.1. The lowest BCUT2D eigenvalue weighted by molar-refractivity contribution is 0.317. The molecule has 0 saturated heterocycles. The second-order valence-electron chi connectivity index (χ2n) is 12.8. The predicted molar refractivity (Wildman–Crippen MR) is 248 cm³/mol. The number of nitrogens with zero attached hydrogens (tertiary/aromatic N) is 3. The first kappa shape index (κ1) is 44.5. The van der Waals surface area contributed by atoms with Crippen LogP contribution in [0.2, 0.25) is 0 Å². The summed E-state index contributed by atoms with van der Waals surface area (Å²) in [4.78, 5) is 9.35. The van der Waals surface area contributed by atoms with Crippen molar-refractivity contribution in [3.63, 3.8) is 0 Å². The van der Waals surface area contributed by atoms with Crippen molar-refractivity contribution in [2.24, 2.45) is 0 Å². The van der Waals surface area contributed by atoms with Gasteiger partial charge in [0.25, 0.3) is 0 Å². The minimum absolute atomic E-state index is 0. The van der Waals surface area contributed by atoms with E-state index in [0.717, 1.165) is 40.3 Å². The molecular weight excluding hydrogens is 828 g/mol. The van der Waals surface area contributed by atoms with Crippen LogP contribution in [0.3, 0.4) is 0 Å². The average Bonchev–Trinajstić information content (AvgIpc) is 3.82. The fourth-order valence-electron chi connectivity index (χ4n) is 5.57. The number of ether oxygens (including phenoxy) is 1. The lowest BCUT2D eigenvalue weighted by Gasteiger charge is -2.03. The van der Waals surface area contributed by atoms with Gasteiger partial charge in [-0.05, 0) is 71.5 Å². The maximum atomic E-state index is 8.27. The first-order chi connectivity index (χ1) is 27.4. The van der Waals surface area contributed by atoms with Gasteiger partial charge in [0.15, 0.2) is 5.90 Å². The summed E-state index contributed by atoms with van der Waals surface area (Å²) in [5.41, 5.74) is 9.67. The number of thiazole rings is 2. The minimum atomic E-state index is 0. The van der Waals surface area contributed by atoms with Crippen LogP contribution in [0.1, 0.15) is 50.3 Å². The Morgan fingerprint density at radius 1 is 0.632 bits per heavy atom. The number of aromatic nitrogens is 2. The second kappa shape index (κ2) is 24.5. The number of hydrogen-bond donors (Lipinski definition) is 1. The zero-order valence-corrected chi connectivity index (χ0v) is 36.1. The van der Waals surface area contributed by atoms with E-state index in [2.05, 4.69) is 124 Å². The van der Waals surface area contributed by atoms with Gasteiger partial charge in [0, 0.05) is 24.6 Å². The van der Waals surface area contributed by atoms with Gasteiger partial charge < -0.3 is 4.74 Å². The second-order valence-corrected chi connectivity index (χ2v) is 15.6. The van der Waals surface area contributed by atoms with Crippen LogP contribution in [-0.2, 0) is 35.8 Å². The molecule has 0 aliphatic rings. The fraction of sp³-hybridized carbons (Fsp3) is 0.167. The van der Waals surface area contributed by atoms with Crippen molar-refractivity contribution in [3.8, 4) is 6.07 Å². The zero-order valence-electron chi connectivity index (χ0n) is 32.1. The molecule has 0 unspecified atom stereocenters. The molecule has 8 rings (SSSR count). The quantitative estimate of drug-likeness (QED) is 0.0890. The van der Waals surface area contributed by atoms with Gasteiger partial charge in [0.1, 0.15) is 0 Å². The molecule has 0 saturated carbocycles. The van der Waals surface area contributed by atoms with Gasteiger partial charge >= 0.3 is 0 Å². The van der Waals surface area contributed by atoms with Crippen LogP contribution in [0, 0.1) is 23.7 Å². The summed E-state index contributed by atoms with van der Waals surface area (Å²) in [5.74, 6) is 0.337. The maximum Gasteiger partial charge on any atom is 0.184 e. The highest BCUT2D eigenvalue weighted by atomic mass is 79.9. The van der Waals surface area contributed by atoms with Gasteiger partial charge in [-0.15, -0.1) is 35.1 Å². The summed E-state index contributed by atoms with van der Waals surface area (Å²) >= 11 is 7.07. The molecule has 0 aliphatic heterocycles. The highest BCUT2D eigenvalue weighted by Crippen LogP contribution is 2.26. The number of fused-ring (bicyclic) bond motifs is 2. The van der Waals surface area contributed by atoms with Crippen LogP contribution in [0.15, 0.2) is 158 Å². The Bertz CT molecular complexity index is 2420. The summed E-state index contributed by atoms with van der Waals surface area (Å²) < 4.78 is 7.59. The van der Waals surface area contributed by atoms with E-state index in [-0.39, 0.29) is 12.4 Å². The van der Waals surface area contributed by atoms with E-state index in [0.29, 0.717) is 25.3 Å². The SMILES string of the molecule is BrCc1ccc2nc(Cc3ccccc3)sc2c1.CCOC(=N)Cc1ccccc1.Cc1ccc2nc(Cc3ccccc3)sc2c1.Cl.N#CCc1ccccc1. The Hall–Kier alpha value is -5.17. The normalized spacial score (nSPS) is 10.0. The molecule has 0 radical (unpaired) electrons. The standard InChI is InChI=1S/C15H12BrNS.C15H13NS.C10H13NO.C8H7N.ClH/c16-10-12-6-7-13-14(8-12)18-15(17-13)9-11-4-2-1-3-5-11;1-11-7-8-13-14(9-11)17-15(16-13)10-12-5-3-2-4-6-12;1-2-12-10(11)8-9-6-4-3-5-7-9;9-7-6-8-4-2-1-3-5-8;/h1-8H,9-10H2;2-9H,10H2,1H3;3-7,11H,2,8H2,1H3;1-5H,6H2;1H. The van der Waals surface area contributed by atoms with Crippen LogP contribution in [-0.4, -0.2) is 22.5 Å². The van der Waals surface area contributed by atoms with Crippen LogP contribution >= 0.6 is 51.0 Å². The van der Waals surface area contributed by atoms with Crippen molar-refractivity contribution in [3.05, 3.63) is 201 Å². The molecule has 57 heavy (non-hydrogen) atoms. The third-order valence-electron chi connectivity index (χ3n) is 8.29. The minimum Gasteiger partial charge on any atom is -0.481 e. The molecule has 0 atom stereocenters. The molecule has 5 nitrogen and oxygen atoms in total. The highest BCUT2D eigenvalue weighted by molar-refractivity contribution is 9.08. The van der Waals surface area contributed by atoms with Gasteiger partial charge in [-0.1, -0.05) is 149 Å². The summed E-state index contributed by atoms with van der Waals surface area (Å²) in [6.45, 7) is 4.58. The largest absolute Gasteiger partial charge is 0.481 e. The molecule has 2 aromatic heterocycles. The number of nitrogens with one attached hydrogen (secondary N) is 1. The lowest BCUT2D eigenvalue weighted by Crippen LogP contribution is -2.06. The number of hydrogen-bond acceptors (Lipinski definition) is 7. The lowest BCUT2D eigenvalue weighted by atomic mass is 10.1. The number of rotatable bonds is 9. The van der Waals surface area contributed by atoms with Crippen LogP contribution in [0.5, 0.6) is 0 Å². The molecule has 0 fully saturated rings. The monoisotopic (exact) mass is 872 g/mol. The number of alkyl halides is 1. The smallest absolute Gasteiger partial charge is 0.184 e. The van der Waals surface area contributed by atoms with Crippen molar-refractivity contribution in [2.75, 3.05) is 6.61 Å². The molecule has 0 spiro atoms. The molecule has 2 heterocycles. The van der Waals surface area contributed by atoms with Crippen molar-refractivity contribution >= 4 is 77.3 Å². The fourth-order valence-corrected chi connectivity index (χ4v) is 8.08. The van der Waals surface area contributed by atoms with Crippen molar-refractivity contribution < 1.29 is 4.74 Å². The Labute approximate surface area is 359 Å². The van der Waals surface area contributed by atoms with E-state index in [1.54, 1.807) is 22.7 Å². The van der Waals surface area contributed by atoms with Crippen LogP contribution in [0.4, 0.5) is 0 Å². The van der Waals surface area contributed by atoms with E-state index in [4.69, 9.17) is 15.4 Å². The van der Waals surface area contributed by atoms with Gasteiger partial charge in [-0.25, -0.2) is 9.97 Å². The molecule has 0 amide bonds. The number of halogens is 2. The molecule has 8 aromatic rings. The Balaban J connectivity index is 0.000000173. The number of benzene rings is 6. The van der Waals surface area contributed by atoms with E-state index in [1.807, 2.05) is 79.7 Å². The zero-order chi connectivity index (χ0) is 39.4. The van der Waals surface area contributed by atoms with Crippen LogP contribution < -0.4 is 0 Å². The molecule has 0 bridgehead atoms. The van der Waals surface area contributed by atoms with Crippen molar-refractivity contribution in [2.45, 2.75) is 44.9 Å². The van der Waals surface area contributed by atoms with Crippen molar-refractivity contribution in [1.29, 1.82) is 10.7 Å². The molecule has 6 aromatic carbocycles. The molecule has 9 heteroatoms. The van der Waals surface area contributed by atoms with Gasteiger partial charge in [-0.3, -0.25) is 5.41 Å². The molecule has 0 aliphatic carbocycles. The van der Waals surface area contributed by atoms with E-state index in [1.165, 1.54) is 41.7 Å². The van der Waals surface area contributed by atoms with Gasteiger partial charge in [-0.2, -0.15) is 5.26 Å². The maximum absolute atomic E-state index is 8.27. The average molecular weight is 874 g/mol. The molecule has 290 valence electrons. The number of aryl methyl sites for hydroxylation is 1. The predicted octanol–water partition coefficient (Wildman–Crippen LogP) is 13.4. The van der Waals surface area contributed by atoms with Gasteiger partial charge in [0.2, 0.25) is 0 Å². The highest BCUT2D eigenvalue weighted by Gasteiger charge is 2.06. The Morgan fingerprint density at radius 2 is 1.09 bits per heavy atom. The topological polar surface area (TPSA) is 82.7 Å². The summed E-state index contributed by atoms with van der Waals surface area (Å²) in [5, 5.41) is 18.9. The third-order valence-corrected chi connectivity index (χ3v) is 11.0.